The summed E-state index contributed by atoms with van der Waals surface area (Å²) in [4.78, 5) is 39.1. The fourth-order valence-electron chi connectivity index (χ4n) is 3.42. The predicted molar refractivity (Wildman–Crippen MR) is 102 cm³/mol. The van der Waals surface area contributed by atoms with Crippen LogP contribution in [-0.2, 0) is 18.3 Å². The van der Waals surface area contributed by atoms with Crippen LogP contribution in [0.2, 0.25) is 0 Å². The molecule has 1 fully saturated rings. The second-order valence-electron chi connectivity index (χ2n) is 6.77. The summed E-state index contributed by atoms with van der Waals surface area (Å²) >= 11 is 0. The molecule has 0 bridgehead atoms. The van der Waals surface area contributed by atoms with Gasteiger partial charge in [0.15, 0.2) is 0 Å². The number of ether oxygens (including phenoxy) is 1. The van der Waals surface area contributed by atoms with Crippen LogP contribution in [-0.4, -0.2) is 41.3 Å². The largest absolute Gasteiger partial charge is 0.465 e. The van der Waals surface area contributed by atoms with Crippen molar-refractivity contribution in [2.75, 3.05) is 25.1 Å². The van der Waals surface area contributed by atoms with E-state index >= 15 is 0 Å². The normalized spacial score (nSPS) is 17.0. The number of benzene rings is 1. The van der Waals surface area contributed by atoms with Crippen molar-refractivity contribution in [3.8, 4) is 0 Å². The van der Waals surface area contributed by atoms with Gasteiger partial charge in [0, 0.05) is 32.2 Å². The molecule has 2 N–H and O–H groups in total. The van der Waals surface area contributed by atoms with Gasteiger partial charge in [0.2, 0.25) is 0 Å². The maximum absolute atomic E-state index is 12.8. The van der Waals surface area contributed by atoms with E-state index in [1.54, 1.807) is 24.3 Å². The number of methoxy groups -OCH3 is 1. The maximum atomic E-state index is 12.8. The van der Waals surface area contributed by atoms with E-state index in [4.69, 9.17) is 10.5 Å². The first kappa shape index (κ1) is 18.9. The summed E-state index contributed by atoms with van der Waals surface area (Å²) in [7, 11) is 2.76. The Bertz CT molecular complexity index is 963. The van der Waals surface area contributed by atoms with Gasteiger partial charge in [-0.2, -0.15) is 0 Å². The monoisotopic (exact) mass is 372 g/mol. The third-order valence-electron chi connectivity index (χ3n) is 4.91. The zero-order chi connectivity index (χ0) is 19.6. The van der Waals surface area contributed by atoms with Gasteiger partial charge >= 0.3 is 11.7 Å². The Kier molecular flexibility index (Phi) is 5.46. The molecule has 1 atom stereocenters. The molecule has 8 heteroatoms. The van der Waals surface area contributed by atoms with Crippen LogP contribution in [0.5, 0.6) is 0 Å². The lowest BCUT2D eigenvalue weighted by Gasteiger charge is -2.34. The molecule has 1 aliphatic heterocycles. The summed E-state index contributed by atoms with van der Waals surface area (Å²) < 4.78 is 7.42. The first-order chi connectivity index (χ1) is 12.9. The quantitative estimate of drug-likeness (QED) is 0.776. The summed E-state index contributed by atoms with van der Waals surface area (Å²) in [5.74, 6) is 0.0583. The van der Waals surface area contributed by atoms with Gasteiger partial charge in [-0.15, -0.1) is 0 Å². The van der Waals surface area contributed by atoms with Crippen molar-refractivity contribution < 1.29 is 9.53 Å². The predicted octanol–water partition coefficient (Wildman–Crippen LogP) is 0.309. The number of carbonyl (C=O) groups excluding carboxylic acids is 1. The highest BCUT2D eigenvalue weighted by molar-refractivity contribution is 5.91. The van der Waals surface area contributed by atoms with Crippen molar-refractivity contribution in [3.05, 3.63) is 62.3 Å². The smallest absolute Gasteiger partial charge is 0.338 e. The third kappa shape index (κ3) is 3.80. The fourth-order valence-corrected chi connectivity index (χ4v) is 3.42. The molecule has 0 unspecified atom stereocenters. The van der Waals surface area contributed by atoms with E-state index in [-0.39, 0.29) is 18.1 Å². The zero-order valence-electron chi connectivity index (χ0n) is 15.6. The number of hydrogen-bond donors (Lipinski definition) is 1. The van der Waals surface area contributed by atoms with Crippen molar-refractivity contribution in [1.29, 1.82) is 0 Å². The second kappa shape index (κ2) is 7.79. The van der Waals surface area contributed by atoms with Crippen LogP contribution in [0.25, 0.3) is 0 Å². The molecule has 27 heavy (non-hydrogen) atoms. The fraction of sp³-hybridized carbons (Fsp3) is 0.421. The molecule has 0 radical (unpaired) electrons. The first-order valence-electron chi connectivity index (χ1n) is 8.90. The number of carbonyl (C=O) groups is 1. The van der Waals surface area contributed by atoms with E-state index in [0.717, 1.165) is 24.0 Å². The Hall–Kier alpha value is -2.87. The minimum Gasteiger partial charge on any atom is -0.465 e. The maximum Gasteiger partial charge on any atom is 0.338 e. The van der Waals surface area contributed by atoms with Gasteiger partial charge in [0.05, 0.1) is 19.2 Å². The van der Waals surface area contributed by atoms with Crippen LogP contribution < -0.4 is 21.9 Å². The minimum absolute atomic E-state index is 0.00582. The number of piperidine rings is 1. The molecule has 0 spiro atoms. The first-order valence-corrected chi connectivity index (χ1v) is 8.90. The summed E-state index contributed by atoms with van der Waals surface area (Å²) in [6, 6.07) is 8.42. The van der Waals surface area contributed by atoms with Crippen LogP contribution in [0, 0.1) is 0 Å². The molecule has 0 amide bonds. The van der Waals surface area contributed by atoms with E-state index in [9.17, 15) is 14.4 Å². The average molecular weight is 372 g/mol. The highest BCUT2D eigenvalue weighted by atomic mass is 16.5. The van der Waals surface area contributed by atoms with Gasteiger partial charge in [0.1, 0.15) is 5.82 Å². The van der Waals surface area contributed by atoms with Crippen LogP contribution in [0.15, 0.2) is 39.9 Å². The molecule has 1 saturated heterocycles. The minimum atomic E-state index is -0.468. The van der Waals surface area contributed by atoms with E-state index < -0.39 is 11.7 Å². The van der Waals surface area contributed by atoms with Crippen molar-refractivity contribution in [2.45, 2.75) is 25.4 Å². The van der Waals surface area contributed by atoms with Gasteiger partial charge in [-0.1, -0.05) is 18.2 Å². The highest BCUT2D eigenvalue weighted by Gasteiger charge is 2.22. The molecule has 2 aromatic rings. The summed E-state index contributed by atoms with van der Waals surface area (Å²) in [6.45, 7) is 1.45. The van der Waals surface area contributed by atoms with Crippen molar-refractivity contribution in [3.63, 3.8) is 0 Å². The van der Waals surface area contributed by atoms with Crippen LogP contribution in [0.3, 0.4) is 0 Å². The molecular weight excluding hydrogens is 348 g/mol. The summed E-state index contributed by atoms with van der Waals surface area (Å²) in [5, 5.41) is 0. The van der Waals surface area contributed by atoms with Crippen LogP contribution in [0.4, 0.5) is 5.82 Å². The van der Waals surface area contributed by atoms with Gasteiger partial charge in [-0.05, 0) is 24.5 Å². The van der Waals surface area contributed by atoms with Gasteiger partial charge in [-0.25, -0.2) is 9.59 Å². The molecule has 2 heterocycles. The molecule has 8 nitrogen and oxygen atoms in total. The summed E-state index contributed by atoms with van der Waals surface area (Å²) in [5.41, 5.74) is 6.31. The van der Waals surface area contributed by atoms with Crippen molar-refractivity contribution in [2.24, 2.45) is 12.8 Å². The lowest BCUT2D eigenvalue weighted by atomic mass is 10.1. The van der Waals surface area contributed by atoms with E-state index in [0.29, 0.717) is 23.5 Å². The highest BCUT2D eigenvalue weighted by Crippen LogP contribution is 2.19. The van der Waals surface area contributed by atoms with Crippen LogP contribution >= 0.6 is 0 Å². The Morgan fingerprint density at radius 1 is 1.30 bits per heavy atom. The lowest BCUT2D eigenvalue weighted by Crippen LogP contribution is -2.47. The van der Waals surface area contributed by atoms with Gasteiger partial charge < -0.3 is 15.4 Å². The van der Waals surface area contributed by atoms with Gasteiger partial charge in [-0.3, -0.25) is 13.9 Å². The molecule has 0 aliphatic carbocycles. The number of nitrogens with zero attached hydrogens (tertiary/aromatic N) is 3. The summed E-state index contributed by atoms with van der Waals surface area (Å²) in [6.07, 6.45) is 1.81. The number of aromatic nitrogens is 2. The topological polar surface area (TPSA) is 99.6 Å². The number of hydrogen-bond acceptors (Lipinski definition) is 6. The molecule has 1 aliphatic rings. The second-order valence-corrected chi connectivity index (χ2v) is 6.77. The third-order valence-corrected chi connectivity index (χ3v) is 4.91. The molecule has 144 valence electrons. The molecule has 1 aromatic carbocycles. The van der Waals surface area contributed by atoms with Crippen molar-refractivity contribution in [1.82, 2.24) is 9.13 Å². The Balaban J connectivity index is 2.10. The lowest BCUT2D eigenvalue weighted by molar-refractivity contribution is 0.0599. The van der Waals surface area contributed by atoms with Crippen LogP contribution in [0.1, 0.15) is 28.8 Å². The molecule has 0 saturated carbocycles. The number of anilines is 1. The zero-order valence-corrected chi connectivity index (χ0v) is 15.6. The standard InChI is InChI=1S/C19H24N4O4/c1-21-17(24)10-16(22-9-5-7-14(20)12-22)23(19(21)26)11-13-6-3-4-8-15(13)18(25)27-2/h3-4,6,8,10,14H,5,7,9,11-12,20H2,1-2H3/t14-/m1/s1. The number of nitrogens with two attached hydrogens (primary N) is 1. The average Bonchev–Trinajstić information content (AvgIpc) is 2.68. The number of rotatable bonds is 4. The Labute approximate surface area is 156 Å². The Morgan fingerprint density at radius 2 is 2.04 bits per heavy atom. The molecular formula is C19H24N4O4. The van der Waals surface area contributed by atoms with Gasteiger partial charge in [0.25, 0.3) is 5.56 Å². The molecule has 1 aromatic heterocycles. The van der Waals surface area contributed by atoms with Crippen molar-refractivity contribution >= 4 is 11.8 Å². The Morgan fingerprint density at radius 3 is 2.74 bits per heavy atom. The molecule has 3 rings (SSSR count). The van der Waals surface area contributed by atoms with E-state index in [1.807, 2.05) is 4.90 Å². The van der Waals surface area contributed by atoms with E-state index in [1.165, 1.54) is 24.8 Å². The SMILES string of the molecule is COC(=O)c1ccccc1Cn1c(N2CCC[C@@H](N)C2)cc(=O)n(C)c1=O. The number of esters is 1. The van der Waals surface area contributed by atoms with E-state index in [2.05, 4.69) is 0 Å².